The van der Waals surface area contributed by atoms with E-state index in [1.807, 2.05) is 6.07 Å². The Labute approximate surface area is 124 Å². The van der Waals surface area contributed by atoms with Crippen molar-refractivity contribution in [2.45, 2.75) is 13.0 Å². The summed E-state index contributed by atoms with van der Waals surface area (Å²) in [6.45, 7) is 1.69. The molecule has 2 aromatic heterocycles. The third-order valence-corrected chi connectivity index (χ3v) is 3.25. The van der Waals surface area contributed by atoms with Gasteiger partial charge in [-0.25, -0.2) is 8.78 Å². The van der Waals surface area contributed by atoms with Gasteiger partial charge in [0.2, 0.25) is 0 Å². The number of nitrogens with one attached hydrogen (secondary N) is 1. The first kappa shape index (κ1) is 14.1. The number of aromatic nitrogens is 3. The number of benzene rings is 1. The van der Waals surface area contributed by atoms with Crippen molar-refractivity contribution in [2.24, 2.45) is 0 Å². The van der Waals surface area contributed by atoms with E-state index in [2.05, 4.69) is 15.5 Å². The monoisotopic (exact) mass is 302 g/mol. The number of halogens is 2. The molecule has 5 nitrogen and oxygen atoms in total. The van der Waals surface area contributed by atoms with E-state index in [1.54, 1.807) is 29.7 Å². The number of carbonyl (C=O) groups is 1. The van der Waals surface area contributed by atoms with Crippen molar-refractivity contribution in [3.8, 4) is 0 Å². The fourth-order valence-corrected chi connectivity index (χ4v) is 2.17. The number of rotatable bonds is 3. The van der Waals surface area contributed by atoms with Crippen molar-refractivity contribution < 1.29 is 13.6 Å². The summed E-state index contributed by atoms with van der Waals surface area (Å²) in [5.41, 5.74) is 0.288. The van der Waals surface area contributed by atoms with Gasteiger partial charge in [-0.05, 0) is 37.3 Å². The second kappa shape index (κ2) is 5.51. The molecule has 3 rings (SSSR count). The topological polar surface area (TPSA) is 59.3 Å². The Morgan fingerprint density at radius 3 is 2.86 bits per heavy atom. The first-order chi connectivity index (χ1) is 10.6. The van der Waals surface area contributed by atoms with E-state index in [0.717, 1.165) is 18.2 Å². The van der Waals surface area contributed by atoms with E-state index in [9.17, 15) is 13.6 Å². The first-order valence-electron chi connectivity index (χ1n) is 6.62. The SMILES string of the molecule is CC(NC(=O)c1cc(F)ccc1F)c1nnc2ccccn12. The average molecular weight is 302 g/mol. The van der Waals surface area contributed by atoms with E-state index < -0.39 is 23.6 Å². The summed E-state index contributed by atoms with van der Waals surface area (Å²) in [7, 11) is 0. The van der Waals surface area contributed by atoms with Gasteiger partial charge in [0.1, 0.15) is 11.6 Å². The highest BCUT2D eigenvalue weighted by Crippen LogP contribution is 2.14. The number of fused-ring (bicyclic) bond motifs is 1. The largest absolute Gasteiger partial charge is 0.342 e. The second-order valence-electron chi connectivity index (χ2n) is 4.81. The molecule has 0 aliphatic heterocycles. The zero-order valence-corrected chi connectivity index (χ0v) is 11.6. The van der Waals surface area contributed by atoms with Gasteiger partial charge in [-0.3, -0.25) is 9.20 Å². The number of pyridine rings is 1. The highest BCUT2D eigenvalue weighted by atomic mass is 19.1. The van der Waals surface area contributed by atoms with Crippen LogP contribution in [-0.2, 0) is 0 Å². The predicted octanol–water partition coefficient (Wildman–Crippen LogP) is 2.50. The molecular formula is C15H12F2N4O. The number of carbonyl (C=O) groups excluding carboxylic acids is 1. The van der Waals surface area contributed by atoms with Gasteiger partial charge in [-0.1, -0.05) is 6.07 Å². The van der Waals surface area contributed by atoms with Crippen molar-refractivity contribution in [3.63, 3.8) is 0 Å². The van der Waals surface area contributed by atoms with Crippen LogP contribution in [-0.4, -0.2) is 20.5 Å². The maximum atomic E-state index is 13.6. The zero-order chi connectivity index (χ0) is 15.7. The molecule has 0 bridgehead atoms. The van der Waals surface area contributed by atoms with Crippen molar-refractivity contribution in [2.75, 3.05) is 0 Å². The molecular weight excluding hydrogens is 290 g/mol. The molecule has 0 spiro atoms. The van der Waals surface area contributed by atoms with Crippen LogP contribution in [0.3, 0.4) is 0 Å². The standard InChI is InChI=1S/C15H12F2N4O/c1-9(14-20-19-13-4-2-3-7-21(13)14)18-15(22)11-8-10(16)5-6-12(11)17/h2-9H,1H3,(H,18,22). The lowest BCUT2D eigenvalue weighted by atomic mass is 10.1. The molecule has 1 aromatic carbocycles. The smallest absolute Gasteiger partial charge is 0.254 e. The summed E-state index contributed by atoms with van der Waals surface area (Å²) in [4.78, 5) is 12.1. The summed E-state index contributed by atoms with van der Waals surface area (Å²) in [5, 5.41) is 10.6. The summed E-state index contributed by atoms with van der Waals surface area (Å²) >= 11 is 0. The fourth-order valence-electron chi connectivity index (χ4n) is 2.17. The normalized spacial score (nSPS) is 12.3. The minimum absolute atomic E-state index is 0.347. The van der Waals surface area contributed by atoms with E-state index in [4.69, 9.17) is 0 Å². The van der Waals surface area contributed by atoms with Crippen LogP contribution >= 0.6 is 0 Å². The Kier molecular flexibility index (Phi) is 3.54. The van der Waals surface area contributed by atoms with Gasteiger partial charge in [0.05, 0.1) is 11.6 Å². The van der Waals surface area contributed by atoms with Crippen LogP contribution in [0, 0.1) is 11.6 Å². The lowest BCUT2D eigenvalue weighted by Crippen LogP contribution is -2.28. The van der Waals surface area contributed by atoms with Crippen LogP contribution in [0.25, 0.3) is 5.65 Å². The number of hydrogen-bond donors (Lipinski definition) is 1. The molecule has 0 saturated carbocycles. The van der Waals surface area contributed by atoms with Gasteiger partial charge in [-0.15, -0.1) is 10.2 Å². The van der Waals surface area contributed by atoms with Crippen molar-refractivity contribution in [1.29, 1.82) is 0 Å². The van der Waals surface area contributed by atoms with Crippen molar-refractivity contribution in [3.05, 3.63) is 65.6 Å². The summed E-state index contributed by atoms with van der Waals surface area (Å²) in [6, 6.07) is 7.62. The lowest BCUT2D eigenvalue weighted by Gasteiger charge is -2.12. The van der Waals surface area contributed by atoms with Gasteiger partial charge in [0, 0.05) is 6.20 Å². The molecule has 1 unspecified atom stereocenters. The number of amides is 1. The summed E-state index contributed by atoms with van der Waals surface area (Å²) in [5.74, 6) is -1.66. The molecule has 1 amide bonds. The van der Waals surface area contributed by atoms with Crippen LogP contribution < -0.4 is 5.32 Å². The molecule has 0 fully saturated rings. The highest BCUT2D eigenvalue weighted by Gasteiger charge is 2.19. The minimum atomic E-state index is -0.780. The van der Waals surface area contributed by atoms with Gasteiger partial charge >= 0.3 is 0 Å². The molecule has 0 radical (unpaired) electrons. The highest BCUT2D eigenvalue weighted by molar-refractivity contribution is 5.94. The molecule has 0 aliphatic carbocycles. The summed E-state index contributed by atoms with van der Waals surface area (Å²) in [6.07, 6.45) is 1.76. The third-order valence-electron chi connectivity index (χ3n) is 3.25. The van der Waals surface area contributed by atoms with E-state index in [0.29, 0.717) is 11.5 Å². The molecule has 1 atom stereocenters. The average Bonchev–Trinajstić information content (AvgIpc) is 2.93. The molecule has 22 heavy (non-hydrogen) atoms. The molecule has 0 aliphatic rings. The quantitative estimate of drug-likeness (QED) is 0.808. The Morgan fingerprint density at radius 2 is 2.05 bits per heavy atom. The van der Waals surface area contributed by atoms with E-state index >= 15 is 0 Å². The zero-order valence-electron chi connectivity index (χ0n) is 11.6. The Morgan fingerprint density at radius 1 is 1.23 bits per heavy atom. The minimum Gasteiger partial charge on any atom is -0.342 e. The van der Waals surface area contributed by atoms with Crippen molar-refractivity contribution in [1.82, 2.24) is 19.9 Å². The Balaban J connectivity index is 1.86. The molecule has 3 aromatic rings. The number of hydrogen-bond acceptors (Lipinski definition) is 3. The van der Waals surface area contributed by atoms with Gasteiger partial charge in [0.25, 0.3) is 5.91 Å². The Bertz CT molecular complexity index is 846. The van der Waals surface area contributed by atoms with Gasteiger partial charge < -0.3 is 5.32 Å². The maximum Gasteiger partial charge on any atom is 0.254 e. The lowest BCUT2D eigenvalue weighted by molar-refractivity contribution is 0.0933. The molecule has 2 heterocycles. The fraction of sp³-hybridized carbons (Fsp3) is 0.133. The third kappa shape index (κ3) is 2.52. The predicted molar refractivity (Wildman–Crippen MR) is 75.2 cm³/mol. The Hall–Kier alpha value is -2.83. The second-order valence-corrected chi connectivity index (χ2v) is 4.81. The van der Waals surface area contributed by atoms with Crippen LogP contribution in [0.15, 0.2) is 42.6 Å². The van der Waals surface area contributed by atoms with Crippen LogP contribution in [0.4, 0.5) is 8.78 Å². The molecule has 0 saturated heterocycles. The molecule has 1 N–H and O–H groups in total. The van der Waals surface area contributed by atoms with Gasteiger partial charge in [0.15, 0.2) is 11.5 Å². The van der Waals surface area contributed by atoms with Gasteiger partial charge in [-0.2, -0.15) is 0 Å². The number of nitrogens with zero attached hydrogens (tertiary/aromatic N) is 3. The van der Waals surface area contributed by atoms with Crippen LogP contribution in [0.5, 0.6) is 0 Å². The molecule has 112 valence electrons. The summed E-state index contributed by atoms with van der Waals surface area (Å²) < 4.78 is 28.5. The molecule has 7 heteroatoms. The first-order valence-corrected chi connectivity index (χ1v) is 6.62. The van der Waals surface area contributed by atoms with Crippen LogP contribution in [0.1, 0.15) is 29.1 Å². The maximum absolute atomic E-state index is 13.6. The van der Waals surface area contributed by atoms with Crippen LogP contribution in [0.2, 0.25) is 0 Å². The van der Waals surface area contributed by atoms with Crippen molar-refractivity contribution >= 4 is 11.6 Å². The van der Waals surface area contributed by atoms with E-state index in [-0.39, 0.29) is 5.56 Å². The van der Waals surface area contributed by atoms with E-state index in [1.165, 1.54) is 0 Å².